The highest BCUT2D eigenvalue weighted by Crippen LogP contribution is 2.41. The number of aromatic nitrogens is 3. The summed E-state index contributed by atoms with van der Waals surface area (Å²) in [6.07, 6.45) is -3.32. The van der Waals surface area contributed by atoms with Crippen LogP contribution < -0.4 is 5.32 Å². The molecule has 27 heavy (non-hydrogen) atoms. The van der Waals surface area contributed by atoms with E-state index in [0.717, 1.165) is 4.57 Å². The van der Waals surface area contributed by atoms with E-state index in [-0.39, 0.29) is 22.3 Å². The number of alkyl halides is 3. The number of hydrogen-bond acceptors (Lipinski definition) is 4. The number of carbonyl (C=O) groups excluding carboxylic acids is 1. The number of benzene rings is 1. The van der Waals surface area contributed by atoms with Crippen LogP contribution in [0.1, 0.15) is 22.0 Å². The summed E-state index contributed by atoms with van der Waals surface area (Å²) >= 11 is 7.13. The quantitative estimate of drug-likeness (QED) is 0.617. The van der Waals surface area contributed by atoms with E-state index < -0.39 is 17.9 Å². The molecule has 1 aliphatic rings. The second-order valence-corrected chi connectivity index (χ2v) is 7.05. The summed E-state index contributed by atoms with van der Waals surface area (Å²) in [7, 11) is 0. The SMILES string of the molecule is O=C(Nc1ccnc(Cl)c1)c1nc(C(F)(F)F)n2c1CSc1ccccc1-2. The van der Waals surface area contributed by atoms with Crippen LogP contribution >= 0.6 is 23.4 Å². The van der Waals surface area contributed by atoms with Gasteiger partial charge in [0.25, 0.3) is 5.91 Å². The lowest BCUT2D eigenvalue weighted by atomic mass is 10.2. The van der Waals surface area contributed by atoms with Gasteiger partial charge in [-0.3, -0.25) is 9.36 Å². The largest absolute Gasteiger partial charge is 0.450 e. The Balaban J connectivity index is 1.82. The maximum Gasteiger partial charge on any atom is 0.450 e. The summed E-state index contributed by atoms with van der Waals surface area (Å²) in [6, 6.07) is 9.60. The summed E-state index contributed by atoms with van der Waals surface area (Å²) in [6.45, 7) is 0. The Morgan fingerprint density at radius 2 is 2.04 bits per heavy atom. The number of hydrogen-bond donors (Lipinski definition) is 1. The topological polar surface area (TPSA) is 59.8 Å². The van der Waals surface area contributed by atoms with Gasteiger partial charge in [-0.25, -0.2) is 9.97 Å². The summed E-state index contributed by atoms with van der Waals surface area (Å²) in [5, 5.41) is 2.67. The van der Waals surface area contributed by atoms with Crippen molar-refractivity contribution in [2.75, 3.05) is 5.32 Å². The Morgan fingerprint density at radius 1 is 1.26 bits per heavy atom. The molecule has 138 valence electrons. The number of nitrogens with one attached hydrogen (secondary N) is 1. The van der Waals surface area contributed by atoms with Gasteiger partial charge in [0.1, 0.15) is 5.15 Å². The molecule has 4 rings (SSSR count). The van der Waals surface area contributed by atoms with E-state index in [1.165, 1.54) is 30.1 Å². The number of para-hydroxylation sites is 1. The standard InChI is InChI=1S/C17H10ClF3N4OS/c18-13-7-9(5-6-22-13)23-15(26)14-11-8-27-12-4-2-1-3-10(12)25(11)16(24-14)17(19,20)21/h1-7H,8H2,(H,22,23,26). The molecule has 0 saturated heterocycles. The van der Waals surface area contributed by atoms with E-state index in [1.807, 2.05) is 0 Å². The van der Waals surface area contributed by atoms with Crippen LogP contribution in [0.4, 0.5) is 18.9 Å². The van der Waals surface area contributed by atoms with Crippen molar-refractivity contribution in [2.45, 2.75) is 16.8 Å². The average molecular weight is 411 g/mol. The number of amides is 1. The molecule has 0 fully saturated rings. The maximum atomic E-state index is 13.6. The fourth-order valence-corrected chi connectivity index (χ4v) is 4.01. The van der Waals surface area contributed by atoms with Gasteiger partial charge in [0, 0.05) is 22.5 Å². The molecule has 10 heteroatoms. The third-order valence-electron chi connectivity index (χ3n) is 3.90. The number of nitrogens with zero attached hydrogens (tertiary/aromatic N) is 3. The fourth-order valence-electron chi connectivity index (χ4n) is 2.80. The average Bonchev–Trinajstić information content (AvgIpc) is 3.02. The number of carbonyl (C=O) groups is 1. The van der Waals surface area contributed by atoms with Crippen molar-refractivity contribution in [1.82, 2.24) is 14.5 Å². The minimum absolute atomic E-state index is 0.153. The second-order valence-electron chi connectivity index (χ2n) is 5.64. The predicted octanol–water partition coefficient (Wildman–Crippen LogP) is 4.80. The van der Waals surface area contributed by atoms with Crippen molar-refractivity contribution in [1.29, 1.82) is 0 Å². The number of fused-ring (bicyclic) bond motifs is 3. The Hall–Kier alpha value is -2.52. The van der Waals surface area contributed by atoms with Gasteiger partial charge >= 0.3 is 6.18 Å². The lowest BCUT2D eigenvalue weighted by Crippen LogP contribution is -2.17. The van der Waals surface area contributed by atoms with Gasteiger partial charge < -0.3 is 5.32 Å². The van der Waals surface area contributed by atoms with Crippen LogP contribution in [0.15, 0.2) is 47.5 Å². The Morgan fingerprint density at radius 3 is 2.78 bits per heavy atom. The molecule has 0 unspecified atom stereocenters. The van der Waals surface area contributed by atoms with Crippen LogP contribution in [-0.2, 0) is 11.9 Å². The van der Waals surface area contributed by atoms with Gasteiger partial charge in [0.2, 0.25) is 5.82 Å². The van der Waals surface area contributed by atoms with E-state index in [4.69, 9.17) is 11.6 Å². The first-order chi connectivity index (χ1) is 12.8. The Kier molecular flexibility index (Phi) is 4.35. The minimum Gasteiger partial charge on any atom is -0.320 e. The lowest BCUT2D eigenvalue weighted by molar-refractivity contribution is -0.146. The third-order valence-corrected chi connectivity index (χ3v) is 5.18. The number of thioether (sulfide) groups is 1. The summed E-state index contributed by atoms with van der Waals surface area (Å²) in [5.74, 6) is -1.67. The highest BCUT2D eigenvalue weighted by molar-refractivity contribution is 7.98. The van der Waals surface area contributed by atoms with Gasteiger partial charge in [-0.05, 0) is 24.3 Å². The molecule has 1 aliphatic heterocycles. The zero-order valence-electron chi connectivity index (χ0n) is 13.4. The number of pyridine rings is 1. The molecule has 0 atom stereocenters. The molecule has 2 aromatic heterocycles. The Labute approximate surface area is 160 Å². The normalized spacial score (nSPS) is 13.0. The fraction of sp³-hybridized carbons (Fsp3) is 0.118. The van der Waals surface area contributed by atoms with E-state index in [1.54, 1.807) is 24.3 Å². The van der Waals surface area contributed by atoms with E-state index in [0.29, 0.717) is 16.3 Å². The first-order valence-corrected chi connectivity index (χ1v) is 9.05. The van der Waals surface area contributed by atoms with Crippen molar-refractivity contribution in [3.8, 4) is 5.69 Å². The number of rotatable bonds is 2. The highest BCUT2D eigenvalue weighted by Gasteiger charge is 2.41. The van der Waals surface area contributed by atoms with Crippen molar-refractivity contribution in [3.63, 3.8) is 0 Å². The minimum atomic E-state index is -4.71. The highest BCUT2D eigenvalue weighted by atomic mass is 35.5. The monoisotopic (exact) mass is 410 g/mol. The summed E-state index contributed by atoms with van der Waals surface area (Å²) in [5.41, 5.74) is 0.606. The second kappa shape index (κ2) is 6.58. The molecule has 0 aliphatic carbocycles. The molecule has 5 nitrogen and oxygen atoms in total. The molecule has 0 bridgehead atoms. The van der Waals surface area contributed by atoms with Crippen molar-refractivity contribution >= 4 is 35.0 Å². The van der Waals surface area contributed by atoms with Crippen LogP contribution in [0, 0.1) is 0 Å². The van der Waals surface area contributed by atoms with Crippen molar-refractivity contribution < 1.29 is 18.0 Å². The van der Waals surface area contributed by atoms with Gasteiger partial charge in [-0.2, -0.15) is 13.2 Å². The van der Waals surface area contributed by atoms with Crippen LogP contribution in [-0.4, -0.2) is 20.4 Å². The number of anilines is 1. The molecule has 3 heterocycles. The van der Waals surface area contributed by atoms with Gasteiger partial charge in [-0.1, -0.05) is 23.7 Å². The van der Waals surface area contributed by atoms with Crippen LogP contribution in [0.25, 0.3) is 5.69 Å². The van der Waals surface area contributed by atoms with E-state index in [2.05, 4.69) is 15.3 Å². The molecule has 1 N–H and O–H groups in total. The first kappa shape index (κ1) is 17.9. The summed E-state index contributed by atoms with van der Waals surface area (Å²) in [4.78, 5) is 20.8. The van der Waals surface area contributed by atoms with Crippen LogP contribution in [0.5, 0.6) is 0 Å². The van der Waals surface area contributed by atoms with E-state index >= 15 is 0 Å². The molecule has 1 amide bonds. The maximum absolute atomic E-state index is 13.6. The van der Waals surface area contributed by atoms with Gasteiger partial charge in [0.15, 0.2) is 5.69 Å². The van der Waals surface area contributed by atoms with Crippen molar-refractivity contribution in [3.05, 3.63) is 65.0 Å². The smallest absolute Gasteiger partial charge is 0.320 e. The van der Waals surface area contributed by atoms with E-state index in [9.17, 15) is 18.0 Å². The number of imidazole rings is 1. The number of halogens is 4. The van der Waals surface area contributed by atoms with Crippen molar-refractivity contribution in [2.24, 2.45) is 0 Å². The van der Waals surface area contributed by atoms with Gasteiger partial charge in [-0.15, -0.1) is 11.8 Å². The van der Waals surface area contributed by atoms with Gasteiger partial charge in [0.05, 0.1) is 11.4 Å². The molecule has 3 aromatic rings. The molecule has 0 saturated carbocycles. The molecule has 0 radical (unpaired) electrons. The van der Waals surface area contributed by atoms with Crippen LogP contribution in [0.3, 0.4) is 0 Å². The zero-order valence-corrected chi connectivity index (χ0v) is 15.0. The molecule has 0 spiro atoms. The molecular formula is C17H10ClF3N4OS. The summed E-state index contributed by atoms with van der Waals surface area (Å²) < 4.78 is 41.8. The van der Waals surface area contributed by atoms with Crippen LogP contribution in [0.2, 0.25) is 5.15 Å². The molecular weight excluding hydrogens is 401 g/mol. The first-order valence-electron chi connectivity index (χ1n) is 7.68. The third kappa shape index (κ3) is 3.28. The predicted molar refractivity (Wildman–Crippen MR) is 95.3 cm³/mol. The Bertz CT molecular complexity index is 1050. The zero-order chi connectivity index (χ0) is 19.2. The lowest BCUT2D eigenvalue weighted by Gasteiger charge is -2.21. The molecule has 1 aromatic carbocycles.